The smallest absolute Gasteiger partial charge is 0.0246 e. The third-order valence-electron chi connectivity index (χ3n) is 3.39. The molecule has 2 saturated heterocycles. The van der Waals surface area contributed by atoms with Crippen molar-refractivity contribution in [3.05, 3.63) is 0 Å². The van der Waals surface area contributed by atoms with Crippen molar-refractivity contribution < 1.29 is 0 Å². The zero-order valence-electron chi connectivity index (χ0n) is 8.05. The Morgan fingerprint density at radius 3 is 2.75 bits per heavy atom. The van der Waals surface area contributed by atoms with Gasteiger partial charge in [-0.3, -0.25) is 0 Å². The van der Waals surface area contributed by atoms with E-state index >= 15 is 0 Å². The first kappa shape index (κ1) is 8.52. The van der Waals surface area contributed by atoms with Crippen LogP contribution in [0.1, 0.15) is 32.1 Å². The largest absolute Gasteiger partial charge is 0.312 e. The molecule has 12 heavy (non-hydrogen) atoms. The zero-order valence-corrected chi connectivity index (χ0v) is 8.05. The monoisotopic (exact) mass is 168 g/mol. The van der Waals surface area contributed by atoms with Crippen LogP contribution in [-0.2, 0) is 0 Å². The molecule has 0 radical (unpaired) electrons. The van der Waals surface area contributed by atoms with Crippen LogP contribution < -0.4 is 5.32 Å². The van der Waals surface area contributed by atoms with Gasteiger partial charge in [-0.2, -0.15) is 0 Å². The summed E-state index contributed by atoms with van der Waals surface area (Å²) in [5.74, 6) is 0. The Morgan fingerprint density at radius 1 is 1.17 bits per heavy atom. The highest BCUT2D eigenvalue weighted by molar-refractivity contribution is 4.89. The molecule has 2 heteroatoms. The summed E-state index contributed by atoms with van der Waals surface area (Å²) in [5, 5.41) is 3.62. The zero-order chi connectivity index (χ0) is 8.39. The third-order valence-corrected chi connectivity index (χ3v) is 3.39. The lowest BCUT2D eigenvalue weighted by Gasteiger charge is -2.36. The van der Waals surface area contributed by atoms with Gasteiger partial charge in [0.05, 0.1) is 0 Å². The first-order valence-electron chi connectivity index (χ1n) is 5.31. The van der Waals surface area contributed by atoms with Crippen LogP contribution >= 0.6 is 0 Å². The Labute approximate surface area is 75.3 Å². The SMILES string of the molecule is CN1CCCC[C@H]1[C@@H]1CCCN1. The van der Waals surface area contributed by atoms with Crippen molar-refractivity contribution in [1.82, 2.24) is 10.2 Å². The number of hydrogen-bond donors (Lipinski definition) is 1. The average molecular weight is 168 g/mol. The van der Waals surface area contributed by atoms with Crippen LogP contribution in [0, 0.1) is 0 Å². The molecular weight excluding hydrogens is 148 g/mol. The molecule has 0 amide bonds. The van der Waals surface area contributed by atoms with Gasteiger partial charge in [-0.25, -0.2) is 0 Å². The number of rotatable bonds is 1. The Morgan fingerprint density at radius 2 is 2.08 bits per heavy atom. The lowest BCUT2D eigenvalue weighted by atomic mass is 9.95. The Hall–Kier alpha value is -0.0800. The van der Waals surface area contributed by atoms with E-state index in [1.807, 2.05) is 0 Å². The van der Waals surface area contributed by atoms with Gasteiger partial charge >= 0.3 is 0 Å². The molecule has 0 aromatic carbocycles. The van der Waals surface area contributed by atoms with E-state index in [1.165, 1.54) is 45.2 Å². The Bertz CT molecular complexity index is 141. The number of nitrogens with one attached hydrogen (secondary N) is 1. The van der Waals surface area contributed by atoms with E-state index in [4.69, 9.17) is 0 Å². The molecule has 0 aliphatic carbocycles. The van der Waals surface area contributed by atoms with Crippen LogP contribution in [0.5, 0.6) is 0 Å². The van der Waals surface area contributed by atoms with E-state index in [1.54, 1.807) is 0 Å². The lowest BCUT2D eigenvalue weighted by Crippen LogP contribution is -2.48. The molecule has 0 saturated carbocycles. The van der Waals surface area contributed by atoms with Crippen molar-refractivity contribution in [3.63, 3.8) is 0 Å². The van der Waals surface area contributed by atoms with Gasteiger partial charge in [0.2, 0.25) is 0 Å². The molecule has 2 fully saturated rings. The average Bonchev–Trinajstić information content (AvgIpc) is 2.57. The summed E-state index contributed by atoms with van der Waals surface area (Å²) in [6.45, 7) is 2.55. The van der Waals surface area contributed by atoms with E-state index in [2.05, 4.69) is 17.3 Å². The minimum Gasteiger partial charge on any atom is -0.312 e. The predicted molar refractivity (Wildman–Crippen MR) is 51.3 cm³/mol. The number of nitrogens with zero attached hydrogens (tertiary/aromatic N) is 1. The van der Waals surface area contributed by atoms with Gasteiger partial charge in [0.15, 0.2) is 0 Å². The molecule has 0 aromatic rings. The molecule has 0 spiro atoms. The highest BCUT2D eigenvalue weighted by atomic mass is 15.2. The molecule has 2 aliphatic heterocycles. The fourth-order valence-corrected chi connectivity index (χ4v) is 2.65. The summed E-state index contributed by atoms with van der Waals surface area (Å²) >= 11 is 0. The second-order valence-electron chi connectivity index (χ2n) is 4.25. The fourth-order valence-electron chi connectivity index (χ4n) is 2.65. The summed E-state index contributed by atoms with van der Waals surface area (Å²) in [4.78, 5) is 2.55. The fraction of sp³-hybridized carbons (Fsp3) is 1.00. The maximum atomic E-state index is 3.62. The van der Waals surface area contributed by atoms with Crippen LogP contribution in [0.3, 0.4) is 0 Å². The van der Waals surface area contributed by atoms with Crippen LogP contribution in [-0.4, -0.2) is 37.1 Å². The molecule has 0 unspecified atom stereocenters. The first-order chi connectivity index (χ1) is 5.88. The lowest BCUT2D eigenvalue weighted by molar-refractivity contribution is 0.152. The van der Waals surface area contributed by atoms with Gasteiger partial charge in [-0.05, 0) is 45.8 Å². The van der Waals surface area contributed by atoms with E-state index in [0.717, 1.165) is 12.1 Å². The molecule has 2 heterocycles. The summed E-state index contributed by atoms with van der Waals surface area (Å²) in [6, 6.07) is 1.64. The second-order valence-corrected chi connectivity index (χ2v) is 4.25. The Kier molecular flexibility index (Phi) is 2.66. The van der Waals surface area contributed by atoms with Gasteiger partial charge in [0, 0.05) is 12.1 Å². The van der Waals surface area contributed by atoms with Crippen LogP contribution in [0.2, 0.25) is 0 Å². The van der Waals surface area contributed by atoms with Gasteiger partial charge in [-0.1, -0.05) is 6.42 Å². The summed E-state index contributed by atoms with van der Waals surface area (Å²) < 4.78 is 0. The Balaban J connectivity index is 1.91. The van der Waals surface area contributed by atoms with Gasteiger partial charge in [0.1, 0.15) is 0 Å². The van der Waals surface area contributed by atoms with Crippen molar-refractivity contribution in [2.75, 3.05) is 20.1 Å². The van der Waals surface area contributed by atoms with E-state index < -0.39 is 0 Å². The van der Waals surface area contributed by atoms with Gasteiger partial charge in [0.25, 0.3) is 0 Å². The number of hydrogen-bond acceptors (Lipinski definition) is 2. The van der Waals surface area contributed by atoms with Crippen LogP contribution in [0.25, 0.3) is 0 Å². The summed E-state index contributed by atoms with van der Waals surface area (Å²) in [7, 11) is 2.28. The molecule has 2 atom stereocenters. The topological polar surface area (TPSA) is 15.3 Å². The molecule has 2 aliphatic rings. The number of likely N-dealkylation sites (N-methyl/N-ethyl adjacent to an activating group) is 1. The molecule has 0 bridgehead atoms. The predicted octanol–water partition coefficient (Wildman–Crippen LogP) is 1.22. The minimum absolute atomic E-state index is 0.801. The molecule has 0 aromatic heterocycles. The summed E-state index contributed by atoms with van der Waals surface area (Å²) in [5.41, 5.74) is 0. The molecule has 1 N–H and O–H groups in total. The van der Waals surface area contributed by atoms with Gasteiger partial charge in [-0.15, -0.1) is 0 Å². The van der Waals surface area contributed by atoms with Gasteiger partial charge < -0.3 is 10.2 Å². The minimum atomic E-state index is 0.801. The number of likely N-dealkylation sites (tertiary alicyclic amines) is 1. The quantitative estimate of drug-likeness (QED) is 0.633. The number of piperidine rings is 1. The van der Waals surface area contributed by atoms with E-state index in [9.17, 15) is 0 Å². The van der Waals surface area contributed by atoms with Crippen molar-refractivity contribution in [2.24, 2.45) is 0 Å². The summed E-state index contributed by atoms with van der Waals surface area (Å²) in [6.07, 6.45) is 7.03. The maximum Gasteiger partial charge on any atom is 0.0246 e. The second kappa shape index (κ2) is 3.75. The molecular formula is C10H20N2. The maximum absolute atomic E-state index is 3.62. The standard InChI is InChI=1S/C10H20N2/c1-12-8-3-2-6-10(12)9-5-4-7-11-9/h9-11H,2-8H2,1H3/t9-,10-/m0/s1. The van der Waals surface area contributed by atoms with Crippen molar-refractivity contribution >= 4 is 0 Å². The highest BCUT2D eigenvalue weighted by Crippen LogP contribution is 2.22. The van der Waals surface area contributed by atoms with Crippen LogP contribution in [0.15, 0.2) is 0 Å². The highest BCUT2D eigenvalue weighted by Gasteiger charge is 2.28. The molecule has 70 valence electrons. The van der Waals surface area contributed by atoms with Crippen molar-refractivity contribution in [3.8, 4) is 0 Å². The van der Waals surface area contributed by atoms with Crippen molar-refractivity contribution in [1.29, 1.82) is 0 Å². The molecule has 2 nitrogen and oxygen atoms in total. The first-order valence-corrected chi connectivity index (χ1v) is 5.31. The van der Waals surface area contributed by atoms with E-state index in [0.29, 0.717) is 0 Å². The van der Waals surface area contributed by atoms with E-state index in [-0.39, 0.29) is 0 Å². The normalized spacial score (nSPS) is 38.8. The third kappa shape index (κ3) is 1.64. The molecule has 2 rings (SSSR count). The van der Waals surface area contributed by atoms with Crippen LogP contribution in [0.4, 0.5) is 0 Å². The van der Waals surface area contributed by atoms with Crippen molar-refractivity contribution in [2.45, 2.75) is 44.2 Å².